The molecule has 2 unspecified atom stereocenters. The van der Waals surface area contributed by atoms with Crippen molar-refractivity contribution in [2.45, 2.75) is 179 Å². The molecule has 0 amide bonds. The van der Waals surface area contributed by atoms with E-state index in [1.165, 1.54) is 51.4 Å². The summed E-state index contributed by atoms with van der Waals surface area (Å²) in [6.45, 7) is 3.65. The van der Waals surface area contributed by atoms with Crippen LogP contribution in [0, 0.1) is 0 Å². The molecule has 1 heterocycles. The van der Waals surface area contributed by atoms with E-state index in [2.05, 4.69) is 13.8 Å². The van der Waals surface area contributed by atoms with Gasteiger partial charge in [0.05, 0.1) is 6.61 Å². The Kier molecular flexibility index (Phi) is 23.8. The lowest BCUT2D eigenvalue weighted by molar-refractivity contribution is -0.297. The number of ether oxygens (including phenoxy) is 4. The summed E-state index contributed by atoms with van der Waals surface area (Å²) in [6, 6.07) is 0. The summed E-state index contributed by atoms with van der Waals surface area (Å²) in [5.74, 6) is -1.98. The molecule has 0 aromatic carbocycles. The Bertz CT molecular complexity index is 899. The Balaban J connectivity index is 2.55. The normalized spacial score (nSPS) is 22.4. The number of carbonyl (C=O) groups excluding carboxylic acids is 2. The van der Waals surface area contributed by atoms with Gasteiger partial charge in [-0.05, 0) is 12.8 Å². The molecule has 0 spiro atoms. The third-order valence-electron chi connectivity index (χ3n) is 8.19. The van der Waals surface area contributed by atoms with Crippen molar-refractivity contribution in [3.63, 3.8) is 0 Å². The standard InChI is InChI=1S/C33H62O12S/c1-3-5-7-9-11-12-13-14-16-17-19-21-28(34)42-23-26(44-29(35)22-20-18-15-10-8-6-4-2)24-43-33-32(38)31(37)30(36)27(45-33)25-46(39,40)41/h26-27,30-33,36-38H,3-25H2,1-2H3,(H,39,40,41)/t26-,27-,30-,31?,32?,33+/m1/s1. The van der Waals surface area contributed by atoms with Crippen LogP contribution < -0.4 is 0 Å². The first-order chi connectivity index (χ1) is 22.0. The van der Waals surface area contributed by atoms with E-state index in [0.717, 1.165) is 51.4 Å². The van der Waals surface area contributed by atoms with Gasteiger partial charge >= 0.3 is 11.9 Å². The molecule has 6 atom stereocenters. The topological polar surface area (TPSA) is 186 Å². The predicted octanol–water partition coefficient (Wildman–Crippen LogP) is 5.00. The average Bonchev–Trinajstić information content (AvgIpc) is 3.00. The molecule has 0 bridgehead atoms. The molecular weight excluding hydrogens is 620 g/mol. The highest BCUT2D eigenvalue weighted by atomic mass is 32.2. The van der Waals surface area contributed by atoms with Crippen molar-refractivity contribution in [2.75, 3.05) is 19.0 Å². The number of aliphatic hydroxyl groups excluding tert-OH is 3. The lowest BCUT2D eigenvalue weighted by Crippen LogP contribution is -2.60. The Morgan fingerprint density at radius 1 is 0.652 bits per heavy atom. The summed E-state index contributed by atoms with van der Waals surface area (Å²) in [6.07, 6.45) is 10.6. The largest absolute Gasteiger partial charge is 0.462 e. The van der Waals surface area contributed by atoms with E-state index in [-0.39, 0.29) is 19.4 Å². The van der Waals surface area contributed by atoms with Crippen LogP contribution in [-0.2, 0) is 38.7 Å². The highest BCUT2D eigenvalue weighted by Gasteiger charge is 2.46. The average molecular weight is 683 g/mol. The van der Waals surface area contributed by atoms with E-state index in [9.17, 15) is 33.3 Å². The molecule has 1 rings (SSSR count). The fourth-order valence-corrected chi connectivity index (χ4v) is 6.07. The van der Waals surface area contributed by atoms with Crippen LogP contribution in [0.15, 0.2) is 0 Å². The number of esters is 2. The van der Waals surface area contributed by atoms with Gasteiger partial charge < -0.3 is 34.3 Å². The molecule has 13 heteroatoms. The van der Waals surface area contributed by atoms with Gasteiger partial charge in [0.25, 0.3) is 10.1 Å². The highest BCUT2D eigenvalue weighted by Crippen LogP contribution is 2.24. The molecule has 1 aliphatic rings. The summed E-state index contributed by atoms with van der Waals surface area (Å²) in [5.41, 5.74) is 0. The smallest absolute Gasteiger partial charge is 0.306 e. The SMILES string of the molecule is CCCCCCCCCCCCCC(=O)OC[C@H](CO[C@H]1O[C@H](CS(=O)(=O)O)[C@@H](O)C(O)C1O)OC(=O)CCCCCCCCC. The Morgan fingerprint density at radius 2 is 1.11 bits per heavy atom. The van der Waals surface area contributed by atoms with Gasteiger partial charge in [0.2, 0.25) is 0 Å². The Hall–Kier alpha value is -1.35. The molecule has 46 heavy (non-hydrogen) atoms. The molecular formula is C33H62O12S. The minimum Gasteiger partial charge on any atom is -0.462 e. The zero-order valence-corrected chi connectivity index (χ0v) is 29.0. The number of rotatable bonds is 28. The molecule has 0 aliphatic carbocycles. The zero-order chi connectivity index (χ0) is 34.2. The number of aliphatic hydroxyl groups is 3. The zero-order valence-electron chi connectivity index (χ0n) is 28.2. The van der Waals surface area contributed by atoms with E-state index in [4.69, 9.17) is 23.5 Å². The van der Waals surface area contributed by atoms with Crippen LogP contribution in [0.2, 0.25) is 0 Å². The van der Waals surface area contributed by atoms with Crippen molar-refractivity contribution in [3.05, 3.63) is 0 Å². The lowest BCUT2D eigenvalue weighted by atomic mass is 10.00. The van der Waals surface area contributed by atoms with Crippen molar-refractivity contribution in [3.8, 4) is 0 Å². The molecule has 0 radical (unpaired) electrons. The van der Waals surface area contributed by atoms with Crippen LogP contribution in [0.3, 0.4) is 0 Å². The van der Waals surface area contributed by atoms with Crippen LogP contribution in [-0.4, -0.2) is 96.0 Å². The first-order valence-corrected chi connectivity index (χ1v) is 19.2. The van der Waals surface area contributed by atoms with Crippen LogP contribution in [0.25, 0.3) is 0 Å². The van der Waals surface area contributed by atoms with E-state index < -0.39 is 71.2 Å². The molecule has 1 fully saturated rings. The summed E-state index contributed by atoms with van der Waals surface area (Å²) in [5, 5.41) is 30.6. The molecule has 0 saturated carbocycles. The quantitative estimate of drug-likeness (QED) is 0.0493. The van der Waals surface area contributed by atoms with Crippen molar-refractivity contribution in [1.29, 1.82) is 0 Å². The third-order valence-corrected chi connectivity index (χ3v) is 8.94. The van der Waals surface area contributed by atoms with E-state index in [1.807, 2.05) is 0 Å². The third kappa shape index (κ3) is 20.8. The minimum atomic E-state index is -4.58. The first-order valence-electron chi connectivity index (χ1n) is 17.6. The molecule has 1 aliphatic heterocycles. The lowest BCUT2D eigenvalue weighted by Gasteiger charge is -2.40. The second kappa shape index (κ2) is 25.6. The highest BCUT2D eigenvalue weighted by molar-refractivity contribution is 7.85. The Morgan fingerprint density at radius 3 is 1.59 bits per heavy atom. The first kappa shape index (κ1) is 42.7. The predicted molar refractivity (Wildman–Crippen MR) is 174 cm³/mol. The Labute approximate surface area is 276 Å². The van der Waals surface area contributed by atoms with Crippen molar-refractivity contribution in [1.82, 2.24) is 0 Å². The van der Waals surface area contributed by atoms with Crippen LogP contribution in [0.4, 0.5) is 0 Å². The number of carbonyl (C=O) groups is 2. The fraction of sp³-hybridized carbons (Fsp3) is 0.939. The maximum absolute atomic E-state index is 12.6. The van der Waals surface area contributed by atoms with Gasteiger partial charge in [-0.1, -0.05) is 117 Å². The van der Waals surface area contributed by atoms with Gasteiger partial charge in [-0.25, -0.2) is 0 Å². The molecule has 4 N–H and O–H groups in total. The maximum Gasteiger partial charge on any atom is 0.306 e. The summed E-state index contributed by atoms with van der Waals surface area (Å²) in [7, 11) is -4.58. The van der Waals surface area contributed by atoms with Crippen molar-refractivity contribution >= 4 is 22.1 Å². The van der Waals surface area contributed by atoms with Gasteiger partial charge in [0.1, 0.15) is 36.8 Å². The molecule has 1 saturated heterocycles. The summed E-state index contributed by atoms with van der Waals surface area (Å²) in [4.78, 5) is 25.0. The van der Waals surface area contributed by atoms with Crippen LogP contribution in [0.5, 0.6) is 0 Å². The number of unbranched alkanes of at least 4 members (excludes halogenated alkanes) is 16. The second-order valence-electron chi connectivity index (χ2n) is 12.5. The van der Waals surface area contributed by atoms with E-state index in [0.29, 0.717) is 12.8 Å². The van der Waals surface area contributed by atoms with Gasteiger partial charge in [-0.3, -0.25) is 14.1 Å². The monoisotopic (exact) mass is 682 g/mol. The van der Waals surface area contributed by atoms with Crippen LogP contribution >= 0.6 is 0 Å². The van der Waals surface area contributed by atoms with E-state index in [1.54, 1.807) is 0 Å². The molecule has 0 aromatic rings. The summed E-state index contributed by atoms with van der Waals surface area (Å²) < 4.78 is 53.5. The number of hydrogen-bond acceptors (Lipinski definition) is 11. The molecule has 0 aromatic heterocycles. The minimum absolute atomic E-state index is 0.168. The van der Waals surface area contributed by atoms with Gasteiger partial charge in [-0.2, -0.15) is 8.42 Å². The van der Waals surface area contributed by atoms with Crippen molar-refractivity contribution in [2.24, 2.45) is 0 Å². The number of hydrogen-bond donors (Lipinski definition) is 4. The van der Waals surface area contributed by atoms with Gasteiger partial charge in [0, 0.05) is 12.8 Å². The van der Waals surface area contributed by atoms with E-state index >= 15 is 0 Å². The summed E-state index contributed by atoms with van der Waals surface area (Å²) >= 11 is 0. The van der Waals surface area contributed by atoms with Gasteiger partial charge in [-0.15, -0.1) is 0 Å². The second-order valence-corrected chi connectivity index (χ2v) is 14.0. The molecule has 12 nitrogen and oxygen atoms in total. The van der Waals surface area contributed by atoms with Crippen molar-refractivity contribution < 1.29 is 56.8 Å². The van der Waals surface area contributed by atoms with Gasteiger partial charge in [0.15, 0.2) is 12.4 Å². The fourth-order valence-electron chi connectivity index (χ4n) is 5.38. The molecule has 272 valence electrons. The maximum atomic E-state index is 12.6. The van der Waals surface area contributed by atoms with Crippen LogP contribution in [0.1, 0.15) is 142 Å².